The normalized spacial score (nSPS) is 17.9. The molecule has 3 nitrogen and oxygen atoms in total. The van der Waals surface area contributed by atoms with Crippen LogP contribution in [0.5, 0.6) is 0 Å². The maximum Gasteiger partial charge on any atom is 0.333 e. The van der Waals surface area contributed by atoms with E-state index in [2.05, 4.69) is 10.4 Å². The monoisotopic (exact) mass is 317 g/mol. The van der Waals surface area contributed by atoms with Crippen LogP contribution >= 0.6 is 0 Å². The van der Waals surface area contributed by atoms with Crippen molar-refractivity contribution in [3.8, 4) is 11.3 Å². The number of hydrogen-bond acceptors (Lipinski definition) is 2. The molecule has 2 aromatic rings. The largest absolute Gasteiger partial charge is 0.333 e. The van der Waals surface area contributed by atoms with Crippen molar-refractivity contribution in [2.75, 3.05) is 6.54 Å². The second kappa shape index (κ2) is 5.35. The Kier molecular flexibility index (Phi) is 3.64. The lowest BCUT2D eigenvalue weighted by Crippen LogP contribution is -2.27. The van der Waals surface area contributed by atoms with E-state index in [1.54, 1.807) is 6.92 Å². The smallest absolute Gasteiger partial charge is 0.308 e. The molecule has 0 saturated carbocycles. The van der Waals surface area contributed by atoms with E-state index in [0.29, 0.717) is 41.0 Å². The van der Waals surface area contributed by atoms with Gasteiger partial charge in [-0.2, -0.15) is 13.9 Å². The molecule has 1 N–H and O–H groups in total. The van der Waals surface area contributed by atoms with Gasteiger partial charge in [-0.3, -0.25) is 0 Å². The zero-order valence-corrected chi connectivity index (χ0v) is 11.5. The Labute approximate surface area is 122 Å². The van der Waals surface area contributed by atoms with Gasteiger partial charge >= 0.3 is 6.55 Å². The highest BCUT2D eigenvalue weighted by Crippen LogP contribution is 2.35. The molecule has 0 bridgehead atoms. The van der Waals surface area contributed by atoms with Crippen molar-refractivity contribution in [2.45, 2.75) is 25.9 Å². The first kappa shape index (κ1) is 15.0. The first-order valence-corrected chi connectivity index (χ1v) is 6.68. The Balaban J connectivity index is 2.26. The van der Waals surface area contributed by atoms with Crippen LogP contribution in [0.2, 0.25) is 0 Å². The molecule has 1 aromatic heterocycles. The van der Waals surface area contributed by atoms with E-state index in [1.165, 1.54) is 0 Å². The van der Waals surface area contributed by atoms with Crippen LogP contribution in [0.25, 0.3) is 11.3 Å². The van der Waals surface area contributed by atoms with E-state index in [0.717, 1.165) is 0 Å². The number of rotatable bonds is 2. The summed E-state index contributed by atoms with van der Waals surface area (Å²) < 4.78 is 66.8. The molecule has 3 rings (SSSR count). The van der Waals surface area contributed by atoms with Gasteiger partial charge in [-0.1, -0.05) is 0 Å². The van der Waals surface area contributed by atoms with Gasteiger partial charge < -0.3 is 5.32 Å². The fourth-order valence-corrected chi connectivity index (χ4v) is 2.73. The van der Waals surface area contributed by atoms with Crippen LogP contribution in [0.15, 0.2) is 12.1 Å². The standard InChI is InChI=1S/C14H12F5N3/c1-6-12-8(2-3-20-6)13(22(21-12)14(18)19)7-4-9(15)11(17)10(16)5-7/h4-6,14,20H,2-3H2,1H3/t6-/m0/s1. The topological polar surface area (TPSA) is 29.9 Å². The van der Waals surface area contributed by atoms with Gasteiger partial charge in [0.25, 0.3) is 0 Å². The van der Waals surface area contributed by atoms with Gasteiger partial charge in [0, 0.05) is 17.2 Å². The number of benzene rings is 1. The Bertz CT molecular complexity index is 703. The minimum Gasteiger partial charge on any atom is -0.308 e. The molecule has 0 unspecified atom stereocenters. The molecule has 0 radical (unpaired) electrons. The van der Waals surface area contributed by atoms with E-state index >= 15 is 0 Å². The predicted octanol–water partition coefficient (Wildman–Crippen LogP) is 3.57. The van der Waals surface area contributed by atoms with Crippen LogP contribution in [-0.2, 0) is 6.42 Å². The summed E-state index contributed by atoms with van der Waals surface area (Å²) in [5.41, 5.74) is 0.680. The third kappa shape index (κ3) is 2.27. The van der Waals surface area contributed by atoms with Crippen molar-refractivity contribution in [2.24, 2.45) is 0 Å². The van der Waals surface area contributed by atoms with E-state index in [9.17, 15) is 22.0 Å². The Hall–Kier alpha value is -1.96. The molecule has 0 spiro atoms. The molecule has 0 saturated heterocycles. The number of halogens is 5. The average molecular weight is 317 g/mol. The summed E-state index contributed by atoms with van der Waals surface area (Å²) in [6.45, 7) is -0.678. The van der Waals surface area contributed by atoms with Crippen LogP contribution in [0, 0.1) is 17.5 Å². The van der Waals surface area contributed by atoms with Crippen molar-refractivity contribution in [3.05, 3.63) is 40.8 Å². The first-order chi connectivity index (χ1) is 10.4. The van der Waals surface area contributed by atoms with Crippen LogP contribution in [0.3, 0.4) is 0 Å². The zero-order valence-electron chi connectivity index (χ0n) is 11.5. The summed E-state index contributed by atoms with van der Waals surface area (Å²) in [7, 11) is 0. The summed E-state index contributed by atoms with van der Waals surface area (Å²) >= 11 is 0. The maximum absolute atomic E-state index is 13.4. The van der Waals surface area contributed by atoms with Gasteiger partial charge in [0.2, 0.25) is 0 Å². The highest BCUT2D eigenvalue weighted by atomic mass is 19.3. The van der Waals surface area contributed by atoms with E-state index in [4.69, 9.17) is 0 Å². The maximum atomic E-state index is 13.4. The van der Waals surface area contributed by atoms with Crippen molar-refractivity contribution < 1.29 is 22.0 Å². The average Bonchev–Trinajstić information content (AvgIpc) is 2.85. The van der Waals surface area contributed by atoms with E-state index < -0.39 is 24.0 Å². The quantitative estimate of drug-likeness (QED) is 0.678. The van der Waals surface area contributed by atoms with Gasteiger partial charge in [0.05, 0.1) is 11.4 Å². The number of aromatic nitrogens is 2. The summed E-state index contributed by atoms with van der Waals surface area (Å²) in [5.74, 6) is -4.48. The van der Waals surface area contributed by atoms with Crippen LogP contribution < -0.4 is 5.32 Å². The second-order valence-corrected chi connectivity index (χ2v) is 5.11. The molecular weight excluding hydrogens is 305 g/mol. The molecule has 1 aliphatic heterocycles. The number of fused-ring (bicyclic) bond motifs is 1. The van der Waals surface area contributed by atoms with E-state index in [-0.39, 0.29) is 17.3 Å². The fraction of sp³-hybridized carbons (Fsp3) is 0.357. The summed E-state index contributed by atoms with van der Waals surface area (Å²) in [6.07, 6.45) is 0.391. The van der Waals surface area contributed by atoms with E-state index in [1.807, 2.05) is 0 Å². The van der Waals surface area contributed by atoms with Crippen molar-refractivity contribution in [1.29, 1.82) is 0 Å². The minimum atomic E-state index is -2.97. The molecule has 1 aromatic carbocycles. The van der Waals surface area contributed by atoms with Gasteiger partial charge in [0.15, 0.2) is 17.5 Å². The molecule has 2 heterocycles. The summed E-state index contributed by atoms with van der Waals surface area (Å²) in [4.78, 5) is 0. The number of hydrogen-bond donors (Lipinski definition) is 1. The third-order valence-electron chi connectivity index (χ3n) is 3.72. The molecule has 1 atom stereocenters. The first-order valence-electron chi connectivity index (χ1n) is 6.68. The number of nitrogens with one attached hydrogen (secondary N) is 1. The molecule has 0 aliphatic carbocycles. The molecule has 0 amide bonds. The van der Waals surface area contributed by atoms with Gasteiger partial charge in [-0.25, -0.2) is 17.9 Å². The summed E-state index contributed by atoms with van der Waals surface area (Å²) in [6, 6.07) is 1.17. The Morgan fingerprint density at radius 3 is 2.45 bits per heavy atom. The van der Waals surface area contributed by atoms with Crippen molar-refractivity contribution >= 4 is 0 Å². The van der Waals surface area contributed by atoms with Crippen LogP contribution in [0.1, 0.15) is 30.8 Å². The molecule has 1 aliphatic rings. The highest BCUT2D eigenvalue weighted by Gasteiger charge is 2.29. The second-order valence-electron chi connectivity index (χ2n) is 5.11. The molecule has 0 fully saturated rings. The van der Waals surface area contributed by atoms with Crippen LogP contribution in [0.4, 0.5) is 22.0 Å². The Morgan fingerprint density at radius 2 is 1.86 bits per heavy atom. The lowest BCUT2D eigenvalue weighted by molar-refractivity contribution is 0.0579. The van der Waals surface area contributed by atoms with Gasteiger partial charge in [-0.15, -0.1) is 0 Å². The number of alkyl halides is 2. The predicted molar refractivity (Wildman–Crippen MR) is 68.9 cm³/mol. The van der Waals surface area contributed by atoms with Crippen molar-refractivity contribution in [3.63, 3.8) is 0 Å². The molecule has 118 valence electrons. The zero-order chi connectivity index (χ0) is 16.0. The third-order valence-corrected chi connectivity index (χ3v) is 3.72. The van der Waals surface area contributed by atoms with Crippen molar-refractivity contribution in [1.82, 2.24) is 15.1 Å². The van der Waals surface area contributed by atoms with Gasteiger partial charge in [0.1, 0.15) is 0 Å². The SMILES string of the molecule is C[C@@H]1NCCc2c1nn(C(F)F)c2-c1cc(F)c(F)c(F)c1. The number of nitrogens with zero attached hydrogens (tertiary/aromatic N) is 2. The lowest BCUT2D eigenvalue weighted by atomic mass is 9.97. The molecule has 8 heteroatoms. The molecular formula is C14H12F5N3. The molecule has 22 heavy (non-hydrogen) atoms. The minimum absolute atomic E-state index is 0.0730. The Morgan fingerprint density at radius 1 is 1.23 bits per heavy atom. The lowest BCUT2D eigenvalue weighted by Gasteiger charge is -2.19. The fourth-order valence-electron chi connectivity index (χ4n) is 2.73. The summed E-state index contributed by atoms with van der Waals surface area (Å²) in [5, 5.41) is 6.93. The van der Waals surface area contributed by atoms with Crippen LogP contribution in [-0.4, -0.2) is 16.3 Å². The van der Waals surface area contributed by atoms with Gasteiger partial charge in [-0.05, 0) is 32.0 Å². The highest BCUT2D eigenvalue weighted by molar-refractivity contribution is 5.66.